The van der Waals surface area contributed by atoms with Crippen LogP contribution in [0.15, 0.2) is 10.4 Å². The Labute approximate surface area is 55.4 Å². The Morgan fingerprint density at radius 3 is 2.38 bits per heavy atom. The van der Waals surface area contributed by atoms with Crippen molar-refractivity contribution >= 4 is 16.1 Å². The molecule has 0 aromatic rings. The topological polar surface area (TPSA) is 57.2 Å². The molecule has 1 aliphatic heterocycles. The van der Waals surface area contributed by atoms with Crippen molar-refractivity contribution in [2.45, 2.75) is 6.29 Å². The van der Waals surface area contributed by atoms with Gasteiger partial charge in [0.1, 0.15) is 0 Å². The summed E-state index contributed by atoms with van der Waals surface area (Å²) < 4.78 is 1.40. The maximum atomic E-state index is 5.44. The van der Waals surface area contributed by atoms with Gasteiger partial charge in [-0.3, -0.25) is 5.73 Å². The third-order valence-corrected chi connectivity index (χ3v) is 1.43. The molecule has 1 heterocycles. The SMILES string of the molecule is CN1N=NN(Br)C1N. The van der Waals surface area contributed by atoms with E-state index in [1.807, 2.05) is 0 Å². The summed E-state index contributed by atoms with van der Waals surface area (Å²) in [7, 11) is 1.75. The maximum Gasteiger partial charge on any atom is 0.200 e. The van der Waals surface area contributed by atoms with Crippen LogP contribution in [0.4, 0.5) is 0 Å². The number of rotatable bonds is 0. The van der Waals surface area contributed by atoms with Crippen molar-refractivity contribution in [1.29, 1.82) is 0 Å². The van der Waals surface area contributed by atoms with Crippen LogP contribution in [-0.4, -0.2) is 22.4 Å². The average Bonchev–Trinajstić information content (AvgIpc) is 1.98. The first-order valence-corrected chi connectivity index (χ1v) is 2.78. The maximum absolute atomic E-state index is 5.44. The Bertz CT molecular complexity index is 101. The van der Waals surface area contributed by atoms with Crippen molar-refractivity contribution in [3.63, 3.8) is 0 Å². The molecule has 0 radical (unpaired) electrons. The van der Waals surface area contributed by atoms with Crippen LogP contribution in [0.5, 0.6) is 0 Å². The molecule has 0 amide bonds. The standard InChI is InChI=1S/C2H6BrN5/c1-7-2(4)8(3)6-5-7/h2H,4H2,1H3. The molecule has 0 saturated carbocycles. The van der Waals surface area contributed by atoms with Crippen LogP contribution in [0.1, 0.15) is 0 Å². The minimum absolute atomic E-state index is 0.269. The van der Waals surface area contributed by atoms with Crippen molar-refractivity contribution < 1.29 is 0 Å². The second kappa shape index (κ2) is 1.87. The van der Waals surface area contributed by atoms with E-state index in [0.29, 0.717) is 0 Å². The van der Waals surface area contributed by atoms with Gasteiger partial charge in [0.25, 0.3) is 0 Å². The highest BCUT2D eigenvalue weighted by Crippen LogP contribution is 2.12. The summed E-state index contributed by atoms with van der Waals surface area (Å²) in [4.78, 5) is 0. The van der Waals surface area contributed by atoms with E-state index in [1.165, 1.54) is 9.04 Å². The lowest BCUT2D eigenvalue weighted by molar-refractivity contribution is 0.223. The third kappa shape index (κ3) is 0.760. The number of halogens is 1. The van der Waals surface area contributed by atoms with E-state index in [9.17, 15) is 0 Å². The monoisotopic (exact) mass is 179 g/mol. The van der Waals surface area contributed by atoms with Gasteiger partial charge >= 0.3 is 0 Å². The fraction of sp³-hybridized carbons (Fsp3) is 1.00. The molecule has 0 saturated heterocycles. The summed E-state index contributed by atoms with van der Waals surface area (Å²) in [6.45, 7) is 0. The first kappa shape index (κ1) is 5.77. The summed E-state index contributed by atoms with van der Waals surface area (Å²) in [5.41, 5.74) is 5.44. The largest absolute Gasteiger partial charge is 0.291 e. The molecular weight excluding hydrogens is 174 g/mol. The zero-order valence-electron chi connectivity index (χ0n) is 4.32. The minimum atomic E-state index is -0.269. The fourth-order valence-electron chi connectivity index (χ4n) is 0.345. The summed E-state index contributed by atoms with van der Waals surface area (Å²) in [6.07, 6.45) is -0.269. The van der Waals surface area contributed by atoms with Gasteiger partial charge < -0.3 is 0 Å². The van der Waals surface area contributed by atoms with Crippen LogP contribution < -0.4 is 5.73 Å². The molecule has 1 rings (SSSR count). The molecule has 1 aliphatic rings. The van der Waals surface area contributed by atoms with E-state index < -0.39 is 0 Å². The van der Waals surface area contributed by atoms with Crippen LogP contribution in [0.3, 0.4) is 0 Å². The fourth-order valence-corrected chi connectivity index (χ4v) is 0.673. The predicted molar refractivity (Wildman–Crippen MR) is 31.4 cm³/mol. The van der Waals surface area contributed by atoms with Crippen molar-refractivity contribution in [3.8, 4) is 0 Å². The van der Waals surface area contributed by atoms with E-state index in [1.54, 1.807) is 7.05 Å². The lowest BCUT2D eigenvalue weighted by Gasteiger charge is -2.14. The van der Waals surface area contributed by atoms with Crippen LogP contribution in [0.2, 0.25) is 0 Å². The highest BCUT2D eigenvalue weighted by Gasteiger charge is 2.19. The summed E-state index contributed by atoms with van der Waals surface area (Å²) in [5, 5.41) is 8.72. The summed E-state index contributed by atoms with van der Waals surface area (Å²) in [5.74, 6) is 0. The Morgan fingerprint density at radius 1 is 1.62 bits per heavy atom. The highest BCUT2D eigenvalue weighted by atomic mass is 79.9. The number of nitrogens with zero attached hydrogens (tertiary/aromatic N) is 4. The van der Waals surface area contributed by atoms with Crippen LogP contribution in [0.25, 0.3) is 0 Å². The molecule has 0 aromatic heterocycles. The van der Waals surface area contributed by atoms with E-state index in [4.69, 9.17) is 5.73 Å². The lowest BCUT2D eigenvalue weighted by Crippen LogP contribution is -2.39. The summed E-state index contributed by atoms with van der Waals surface area (Å²) >= 11 is 3.05. The molecular formula is C2H6BrN5. The van der Waals surface area contributed by atoms with Crippen molar-refractivity contribution in [2.24, 2.45) is 16.2 Å². The molecule has 1 unspecified atom stereocenters. The molecule has 0 bridgehead atoms. The van der Waals surface area contributed by atoms with Crippen LogP contribution in [-0.2, 0) is 0 Å². The second-order valence-electron chi connectivity index (χ2n) is 1.45. The molecule has 2 N–H and O–H groups in total. The molecule has 8 heavy (non-hydrogen) atoms. The van der Waals surface area contributed by atoms with Gasteiger partial charge in [-0.1, -0.05) is 0 Å². The van der Waals surface area contributed by atoms with E-state index in [0.717, 1.165) is 0 Å². The van der Waals surface area contributed by atoms with Crippen LogP contribution >= 0.6 is 16.1 Å². The van der Waals surface area contributed by atoms with Gasteiger partial charge in [0.05, 0.1) is 16.1 Å². The molecule has 1 atom stereocenters. The molecule has 0 aliphatic carbocycles. The normalized spacial score (nSPS) is 27.6. The van der Waals surface area contributed by atoms with Gasteiger partial charge in [-0.25, -0.2) is 5.01 Å². The van der Waals surface area contributed by atoms with E-state index in [-0.39, 0.29) is 6.29 Å². The third-order valence-electron chi connectivity index (χ3n) is 0.868. The van der Waals surface area contributed by atoms with Gasteiger partial charge in [0, 0.05) is 7.05 Å². The predicted octanol–water partition coefficient (Wildman–Crippen LogP) is 0.0682. The van der Waals surface area contributed by atoms with Crippen molar-refractivity contribution in [1.82, 2.24) is 9.04 Å². The van der Waals surface area contributed by atoms with Gasteiger partial charge in [-0.05, 0) is 10.4 Å². The highest BCUT2D eigenvalue weighted by molar-refractivity contribution is 9.07. The van der Waals surface area contributed by atoms with Gasteiger partial charge in [0.15, 0.2) is 6.29 Å². The van der Waals surface area contributed by atoms with Crippen molar-refractivity contribution in [3.05, 3.63) is 0 Å². The van der Waals surface area contributed by atoms with Gasteiger partial charge in [-0.15, -0.1) is 0 Å². The van der Waals surface area contributed by atoms with E-state index >= 15 is 0 Å². The van der Waals surface area contributed by atoms with Crippen molar-refractivity contribution in [2.75, 3.05) is 7.05 Å². The molecule has 0 aromatic carbocycles. The second-order valence-corrected chi connectivity index (χ2v) is 2.18. The Balaban J connectivity index is 2.55. The zero-order valence-corrected chi connectivity index (χ0v) is 5.91. The molecule has 0 fully saturated rings. The molecule has 46 valence electrons. The Morgan fingerprint density at radius 2 is 2.25 bits per heavy atom. The van der Waals surface area contributed by atoms with Gasteiger partial charge in [-0.2, -0.15) is 4.03 Å². The summed E-state index contributed by atoms with van der Waals surface area (Å²) in [6, 6.07) is 0. The Hall–Kier alpha value is -0.360. The van der Waals surface area contributed by atoms with Crippen LogP contribution in [0, 0.1) is 0 Å². The molecule has 0 spiro atoms. The first-order valence-electron chi connectivity index (χ1n) is 2.07. The molecule has 5 nitrogen and oxygen atoms in total. The zero-order chi connectivity index (χ0) is 6.15. The first-order chi connectivity index (χ1) is 3.72. The van der Waals surface area contributed by atoms with Gasteiger partial charge in [0.2, 0.25) is 0 Å². The minimum Gasteiger partial charge on any atom is -0.291 e. The number of nitrogens with two attached hydrogens (primary N) is 1. The van der Waals surface area contributed by atoms with E-state index in [2.05, 4.69) is 26.6 Å². The number of hydrogen-bond acceptors (Lipinski definition) is 5. The quantitative estimate of drug-likeness (QED) is 0.536. The smallest absolute Gasteiger partial charge is 0.200 e. The number of hydrogen-bond donors (Lipinski definition) is 1. The Kier molecular flexibility index (Phi) is 1.35. The average molecular weight is 180 g/mol. The lowest BCUT2D eigenvalue weighted by atomic mass is 10.9. The molecule has 6 heteroatoms.